The smallest absolute Gasteiger partial charge is 0.162 e. The van der Waals surface area contributed by atoms with E-state index in [0.717, 1.165) is 24.7 Å². The molecule has 0 nitrogen and oxygen atoms in total. The quantitative estimate of drug-likeness (QED) is 0.500. The second-order valence-electron chi connectivity index (χ2n) is 7.64. The molecule has 1 aromatic rings. The maximum Gasteiger partial charge on any atom is 0.162 e. The SMILES string of the molecule is CCCC(C)CCCC1CCC(c2ccc(C)c(F)c2F)CC1. The van der Waals surface area contributed by atoms with Crippen LogP contribution in [0.3, 0.4) is 0 Å². The van der Waals surface area contributed by atoms with Gasteiger partial charge in [0.25, 0.3) is 0 Å². The lowest BCUT2D eigenvalue weighted by molar-refractivity contribution is 0.290. The molecule has 0 saturated heterocycles. The molecule has 23 heavy (non-hydrogen) atoms. The molecular weight excluding hydrogens is 290 g/mol. The summed E-state index contributed by atoms with van der Waals surface area (Å²) in [5.74, 6) is 0.580. The number of hydrogen-bond acceptors (Lipinski definition) is 0. The van der Waals surface area contributed by atoms with Crippen molar-refractivity contribution in [1.29, 1.82) is 0 Å². The minimum absolute atomic E-state index is 0.209. The van der Waals surface area contributed by atoms with Crippen LogP contribution in [0.5, 0.6) is 0 Å². The third kappa shape index (κ3) is 5.02. The lowest BCUT2D eigenvalue weighted by Gasteiger charge is -2.29. The van der Waals surface area contributed by atoms with Crippen molar-refractivity contribution < 1.29 is 8.78 Å². The Morgan fingerprint density at radius 3 is 2.39 bits per heavy atom. The van der Waals surface area contributed by atoms with Crippen LogP contribution in [0.1, 0.15) is 88.7 Å². The van der Waals surface area contributed by atoms with E-state index < -0.39 is 11.6 Å². The molecule has 0 radical (unpaired) electrons. The van der Waals surface area contributed by atoms with Crippen LogP contribution >= 0.6 is 0 Å². The van der Waals surface area contributed by atoms with Crippen molar-refractivity contribution in [3.63, 3.8) is 0 Å². The van der Waals surface area contributed by atoms with Gasteiger partial charge in [-0.05, 0) is 61.5 Å². The largest absolute Gasteiger partial charge is 0.203 e. The first-order valence-electron chi connectivity index (χ1n) is 9.47. The van der Waals surface area contributed by atoms with Crippen LogP contribution in [-0.4, -0.2) is 0 Å². The fraction of sp³-hybridized carbons (Fsp3) is 0.714. The standard InChI is InChI=1S/C21H32F2/c1-4-6-15(2)7-5-8-17-10-12-18(13-11-17)19-14-9-16(3)20(22)21(19)23/h9,14-15,17-18H,4-8,10-13H2,1-3H3. The van der Waals surface area contributed by atoms with E-state index in [1.165, 1.54) is 44.9 Å². The molecule has 2 rings (SSSR count). The van der Waals surface area contributed by atoms with Gasteiger partial charge in [-0.15, -0.1) is 0 Å². The van der Waals surface area contributed by atoms with Crippen molar-refractivity contribution in [3.8, 4) is 0 Å². The van der Waals surface area contributed by atoms with E-state index in [1.54, 1.807) is 19.1 Å². The summed E-state index contributed by atoms with van der Waals surface area (Å²) < 4.78 is 27.9. The Labute approximate surface area is 140 Å². The molecule has 0 amide bonds. The molecule has 0 N–H and O–H groups in total. The summed E-state index contributed by atoms with van der Waals surface area (Å²) in [5, 5.41) is 0. The molecule has 0 heterocycles. The van der Waals surface area contributed by atoms with Gasteiger partial charge in [0.1, 0.15) is 0 Å². The predicted molar refractivity (Wildman–Crippen MR) is 93.7 cm³/mol. The molecule has 0 bridgehead atoms. The molecule has 1 aromatic carbocycles. The molecule has 1 fully saturated rings. The second kappa shape index (κ2) is 8.80. The highest BCUT2D eigenvalue weighted by Crippen LogP contribution is 2.39. The van der Waals surface area contributed by atoms with E-state index in [4.69, 9.17) is 0 Å². The number of hydrogen-bond donors (Lipinski definition) is 0. The van der Waals surface area contributed by atoms with E-state index in [1.807, 2.05) is 0 Å². The van der Waals surface area contributed by atoms with Crippen molar-refractivity contribution in [2.75, 3.05) is 0 Å². The van der Waals surface area contributed by atoms with Gasteiger partial charge < -0.3 is 0 Å². The molecule has 0 aromatic heterocycles. The van der Waals surface area contributed by atoms with Crippen molar-refractivity contribution in [3.05, 3.63) is 34.9 Å². The number of halogens is 2. The summed E-state index contributed by atoms with van der Waals surface area (Å²) >= 11 is 0. The molecule has 0 spiro atoms. The second-order valence-corrected chi connectivity index (χ2v) is 7.64. The number of rotatable bonds is 7. The summed E-state index contributed by atoms with van der Waals surface area (Å²) in [6.07, 6.45) is 10.9. The van der Waals surface area contributed by atoms with E-state index in [-0.39, 0.29) is 5.92 Å². The van der Waals surface area contributed by atoms with Crippen LogP contribution in [0, 0.1) is 30.4 Å². The average Bonchev–Trinajstić information content (AvgIpc) is 2.54. The number of aryl methyl sites for hydroxylation is 1. The Hall–Kier alpha value is -0.920. The summed E-state index contributed by atoms with van der Waals surface area (Å²) in [4.78, 5) is 0. The van der Waals surface area contributed by atoms with Gasteiger partial charge in [0.05, 0.1) is 0 Å². The Morgan fingerprint density at radius 2 is 1.74 bits per heavy atom. The number of benzene rings is 1. The summed E-state index contributed by atoms with van der Waals surface area (Å²) in [6.45, 7) is 6.23. The lowest BCUT2D eigenvalue weighted by atomic mass is 9.76. The maximum absolute atomic E-state index is 14.1. The Bertz CT molecular complexity index is 487. The highest BCUT2D eigenvalue weighted by molar-refractivity contribution is 5.28. The average molecular weight is 322 g/mol. The fourth-order valence-electron chi connectivity index (χ4n) is 4.13. The minimum atomic E-state index is -0.658. The third-order valence-electron chi connectivity index (χ3n) is 5.68. The van der Waals surface area contributed by atoms with Crippen molar-refractivity contribution in [1.82, 2.24) is 0 Å². The summed E-state index contributed by atoms with van der Waals surface area (Å²) in [7, 11) is 0. The van der Waals surface area contributed by atoms with Gasteiger partial charge in [-0.25, -0.2) is 8.78 Å². The maximum atomic E-state index is 14.1. The molecule has 1 unspecified atom stereocenters. The lowest BCUT2D eigenvalue weighted by Crippen LogP contribution is -2.15. The van der Waals surface area contributed by atoms with Crippen molar-refractivity contribution in [2.45, 2.75) is 84.5 Å². The third-order valence-corrected chi connectivity index (χ3v) is 5.68. The van der Waals surface area contributed by atoms with Gasteiger partial charge in [0, 0.05) is 0 Å². The van der Waals surface area contributed by atoms with Crippen LogP contribution in [-0.2, 0) is 0 Å². The van der Waals surface area contributed by atoms with Crippen molar-refractivity contribution in [2.24, 2.45) is 11.8 Å². The van der Waals surface area contributed by atoms with Crippen LogP contribution in [0.25, 0.3) is 0 Å². The van der Waals surface area contributed by atoms with E-state index in [0.29, 0.717) is 11.1 Å². The Balaban J connectivity index is 1.79. The zero-order valence-electron chi connectivity index (χ0n) is 15.0. The normalized spacial score (nSPS) is 23.0. The molecule has 130 valence electrons. The van der Waals surface area contributed by atoms with Crippen LogP contribution in [0.15, 0.2) is 12.1 Å². The van der Waals surface area contributed by atoms with Gasteiger partial charge >= 0.3 is 0 Å². The van der Waals surface area contributed by atoms with Crippen LogP contribution in [0.2, 0.25) is 0 Å². The van der Waals surface area contributed by atoms with E-state index >= 15 is 0 Å². The first-order valence-corrected chi connectivity index (χ1v) is 9.47. The zero-order valence-corrected chi connectivity index (χ0v) is 15.0. The van der Waals surface area contributed by atoms with Gasteiger partial charge in [-0.1, -0.05) is 58.1 Å². The molecule has 0 aliphatic heterocycles. The minimum Gasteiger partial charge on any atom is -0.203 e. The zero-order chi connectivity index (χ0) is 16.8. The topological polar surface area (TPSA) is 0 Å². The van der Waals surface area contributed by atoms with Gasteiger partial charge in [0.2, 0.25) is 0 Å². The highest BCUT2D eigenvalue weighted by atomic mass is 19.2. The fourth-order valence-corrected chi connectivity index (χ4v) is 4.13. The molecule has 1 aliphatic carbocycles. The van der Waals surface area contributed by atoms with Gasteiger partial charge in [-0.2, -0.15) is 0 Å². The van der Waals surface area contributed by atoms with Crippen molar-refractivity contribution >= 4 is 0 Å². The van der Waals surface area contributed by atoms with E-state index in [9.17, 15) is 8.78 Å². The monoisotopic (exact) mass is 322 g/mol. The Morgan fingerprint density at radius 1 is 1.04 bits per heavy atom. The predicted octanol–water partition coefficient (Wildman–Crippen LogP) is 7.15. The summed E-state index contributed by atoms with van der Waals surface area (Å²) in [5.41, 5.74) is 1.00. The summed E-state index contributed by atoms with van der Waals surface area (Å²) in [6, 6.07) is 3.51. The molecule has 1 aliphatic rings. The molecule has 1 saturated carbocycles. The Kier molecular flexibility index (Phi) is 7.05. The van der Waals surface area contributed by atoms with Crippen LogP contribution < -0.4 is 0 Å². The molecule has 2 heteroatoms. The van der Waals surface area contributed by atoms with E-state index in [2.05, 4.69) is 13.8 Å². The van der Waals surface area contributed by atoms with Crippen LogP contribution in [0.4, 0.5) is 8.78 Å². The molecule has 1 atom stereocenters. The first-order chi connectivity index (χ1) is 11.0. The van der Waals surface area contributed by atoms with Gasteiger partial charge in [0.15, 0.2) is 11.6 Å². The molecular formula is C21H32F2. The first kappa shape index (κ1) is 18.4. The van der Waals surface area contributed by atoms with Gasteiger partial charge in [-0.3, -0.25) is 0 Å². The highest BCUT2D eigenvalue weighted by Gasteiger charge is 2.25.